The molecule has 2 rings (SSSR count). The normalized spacial score (nSPS) is 11.6. The molecule has 0 fully saturated rings. The third-order valence-electron chi connectivity index (χ3n) is 3.33. The molecule has 0 atom stereocenters. The molecule has 0 aliphatic rings. The van der Waals surface area contributed by atoms with Crippen LogP contribution in [0.3, 0.4) is 0 Å². The monoisotopic (exact) mass is 308 g/mol. The van der Waals surface area contributed by atoms with Crippen molar-refractivity contribution in [3.8, 4) is 0 Å². The van der Waals surface area contributed by atoms with Gasteiger partial charge in [0.05, 0.1) is 4.90 Å². The van der Waals surface area contributed by atoms with Crippen LogP contribution in [0.2, 0.25) is 0 Å². The van der Waals surface area contributed by atoms with Crippen LogP contribution in [-0.4, -0.2) is 19.5 Å². The molecule has 0 spiro atoms. The quantitative estimate of drug-likeness (QED) is 0.938. The highest BCUT2D eigenvalue weighted by Crippen LogP contribution is 2.22. The summed E-state index contributed by atoms with van der Waals surface area (Å²) in [6, 6.07) is 6.35. The predicted molar refractivity (Wildman–Crippen MR) is 77.2 cm³/mol. The molecule has 21 heavy (non-hydrogen) atoms. The summed E-state index contributed by atoms with van der Waals surface area (Å²) >= 11 is 0. The van der Waals surface area contributed by atoms with Gasteiger partial charge in [0.25, 0.3) is 0 Å². The minimum Gasteiger partial charge on any atom is -0.475 e. The van der Waals surface area contributed by atoms with Gasteiger partial charge in [0, 0.05) is 5.56 Å². The summed E-state index contributed by atoms with van der Waals surface area (Å²) in [5.41, 5.74) is 2.31. The number of rotatable bonds is 4. The van der Waals surface area contributed by atoms with Crippen LogP contribution in [0.5, 0.6) is 0 Å². The fourth-order valence-electron chi connectivity index (χ4n) is 2.01. The molecule has 0 saturated carbocycles. The highest BCUT2D eigenvalue weighted by Gasteiger charge is 2.21. The molecular formula is C15H16O5S. The van der Waals surface area contributed by atoms with Gasteiger partial charge in [-0.25, -0.2) is 13.2 Å². The van der Waals surface area contributed by atoms with Crippen molar-refractivity contribution in [2.75, 3.05) is 0 Å². The van der Waals surface area contributed by atoms with Gasteiger partial charge >= 0.3 is 5.97 Å². The Hall–Kier alpha value is -2.08. The lowest BCUT2D eigenvalue weighted by molar-refractivity contribution is 0.0659. The van der Waals surface area contributed by atoms with Crippen LogP contribution in [-0.2, 0) is 15.6 Å². The van der Waals surface area contributed by atoms with Crippen LogP contribution < -0.4 is 0 Å². The van der Waals surface area contributed by atoms with E-state index in [9.17, 15) is 13.2 Å². The number of carboxylic acids is 1. The van der Waals surface area contributed by atoms with Crippen LogP contribution in [0.25, 0.3) is 0 Å². The molecule has 6 heteroatoms. The Bertz CT molecular complexity index is 799. The lowest BCUT2D eigenvalue weighted by atomic mass is 10.1. The Morgan fingerprint density at radius 2 is 1.76 bits per heavy atom. The molecule has 0 saturated heterocycles. The molecule has 1 heterocycles. The van der Waals surface area contributed by atoms with Gasteiger partial charge in [-0.3, -0.25) is 0 Å². The van der Waals surface area contributed by atoms with Crippen molar-refractivity contribution in [3.63, 3.8) is 0 Å². The summed E-state index contributed by atoms with van der Waals surface area (Å²) in [5, 5.41) is 8.92. The first-order chi connectivity index (χ1) is 9.70. The Balaban J connectivity index is 2.35. The number of carboxylic acid groups (broad SMARTS) is 1. The van der Waals surface area contributed by atoms with E-state index in [-0.39, 0.29) is 22.2 Å². The fourth-order valence-corrected chi connectivity index (χ4v) is 3.32. The largest absolute Gasteiger partial charge is 0.475 e. The Kier molecular flexibility index (Phi) is 3.91. The van der Waals surface area contributed by atoms with E-state index in [0.29, 0.717) is 5.56 Å². The minimum atomic E-state index is -3.57. The molecule has 1 aromatic carbocycles. The van der Waals surface area contributed by atoms with Crippen LogP contribution in [0.1, 0.15) is 33.0 Å². The number of hydrogen-bond donors (Lipinski definition) is 1. The molecule has 112 valence electrons. The van der Waals surface area contributed by atoms with Crippen molar-refractivity contribution >= 4 is 15.8 Å². The highest BCUT2D eigenvalue weighted by molar-refractivity contribution is 7.90. The van der Waals surface area contributed by atoms with Crippen LogP contribution in [0.15, 0.2) is 33.6 Å². The van der Waals surface area contributed by atoms with Crippen LogP contribution in [0, 0.1) is 20.8 Å². The van der Waals surface area contributed by atoms with Crippen LogP contribution in [0.4, 0.5) is 0 Å². The molecule has 2 aromatic rings. The Morgan fingerprint density at radius 3 is 2.29 bits per heavy atom. The second kappa shape index (κ2) is 5.37. The SMILES string of the molecule is Cc1ccc(S(=O)(=O)Cc2cc(C)c(C(=O)O)o2)cc1C. The average Bonchev–Trinajstić information content (AvgIpc) is 2.72. The zero-order chi connectivity index (χ0) is 15.8. The number of carbonyl (C=O) groups is 1. The Labute approximate surface area is 123 Å². The summed E-state index contributed by atoms with van der Waals surface area (Å²) in [5.74, 6) is -1.66. The summed E-state index contributed by atoms with van der Waals surface area (Å²) in [6.07, 6.45) is 0. The first-order valence-electron chi connectivity index (χ1n) is 6.33. The van der Waals surface area contributed by atoms with Crippen molar-refractivity contribution in [2.45, 2.75) is 31.4 Å². The first-order valence-corrected chi connectivity index (χ1v) is 7.98. The van der Waals surface area contributed by atoms with Gasteiger partial charge < -0.3 is 9.52 Å². The number of furan rings is 1. The lowest BCUT2D eigenvalue weighted by Gasteiger charge is -2.05. The van der Waals surface area contributed by atoms with Gasteiger partial charge in [0.1, 0.15) is 11.5 Å². The minimum absolute atomic E-state index is 0.128. The third-order valence-corrected chi connectivity index (χ3v) is 4.97. The van der Waals surface area contributed by atoms with E-state index in [4.69, 9.17) is 9.52 Å². The van der Waals surface area contributed by atoms with E-state index in [1.54, 1.807) is 25.1 Å². The molecule has 0 amide bonds. The van der Waals surface area contributed by atoms with Gasteiger partial charge in [0.2, 0.25) is 5.76 Å². The molecule has 0 aliphatic carbocycles. The van der Waals surface area contributed by atoms with E-state index in [1.807, 2.05) is 13.8 Å². The van der Waals surface area contributed by atoms with E-state index in [2.05, 4.69) is 0 Å². The predicted octanol–water partition coefficient (Wildman–Crippen LogP) is 2.88. The number of hydrogen-bond acceptors (Lipinski definition) is 4. The molecule has 0 aliphatic heterocycles. The van der Waals surface area contributed by atoms with E-state index in [1.165, 1.54) is 6.07 Å². The second-order valence-electron chi connectivity index (χ2n) is 5.04. The number of aryl methyl sites for hydroxylation is 3. The van der Waals surface area contributed by atoms with E-state index in [0.717, 1.165) is 11.1 Å². The van der Waals surface area contributed by atoms with Crippen molar-refractivity contribution in [3.05, 3.63) is 52.5 Å². The first kappa shape index (κ1) is 15.3. The topological polar surface area (TPSA) is 84.6 Å². The maximum absolute atomic E-state index is 12.3. The number of sulfone groups is 1. The molecule has 0 unspecified atom stereocenters. The zero-order valence-electron chi connectivity index (χ0n) is 12.0. The van der Waals surface area contributed by atoms with Crippen molar-refractivity contribution < 1.29 is 22.7 Å². The highest BCUT2D eigenvalue weighted by atomic mass is 32.2. The third kappa shape index (κ3) is 3.16. The summed E-state index contributed by atoms with van der Waals surface area (Å²) in [4.78, 5) is 11.1. The van der Waals surface area contributed by atoms with Gasteiger partial charge in [0.15, 0.2) is 9.84 Å². The van der Waals surface area contributed by atoms with E-state index >= 15 is 0 Å². The summed E-state index contributed by atoms with van der Waals surface area (Å²) < 4.78 is 29.8. The molecule has 0 radical (unpaired) electrons. The Morgan fingerprint density at radius 1 is 1.10 bits per heavy atom. The molecule has 0 bridgehead atoms. The molecule has 1 aromatic heterocycles. The summed E-state index contributed by atoms with van der Waals surface area (Å²) in [6.45, 7) is 5.31. The number of benzene rings is 1. The smallest absolute Gasteiger partial charge is 0.372 e. The maximum Gasteiger partial charge on any atom is 0.372 e. The standard InChI is InChI=1S/C15H16O5S/c1-9-4-5-13(7-10(9)2)21(18,19)8-12-6-11(3)14(20-12)15(16)17/h4-7H,8H2,1-3H3,(H,16,17). The van der Waals surface area contributed by atoms with Crippen molar-refractivity contribution in [1.29, 1.82) is 0 Å². The number of aromatic carboxylic acids is 1. The summed E-state index contributed by atoms with van der Waals surface area (Å²) in [7, 11) is -3.57. The fraction of sp³-hybridized carbons (Fsp3) is 0.267. The van der Waals surface area contributed by atoms with Gasteiger partial charge in [-0.15, -0.1) is 0 Å². The molecule has 5 nitrogen and oxygen atoms in total. The second-order valence-corrected chi connectivity index (χ2v) is 7.02. The maximum atomic E-state index is 12.3. The van der Waals surface area contributed by atoms with Crippen molar-refractivity contribution in [1.82, 2.24) is 0 Å². The van der Waals surface area contributed by atoms with Crippen molar-refractivity contribution in [2.24, 2.45) is 0 Å². The average molecular weight is 308 g/mol. The van der Waals surface area contributed by atoms with Gasteiger partial charge in [-0.1, -0.05) is 6.07 Å². The zero-order valence-corrected chi connectivity index (χ0v) is 12.8. The van der Waals surface area contributed by atoms with Gasteiger partial charge in [-0.2, -0.15) is 0 Å². The lowest BCUT2D eigenvalue weighted by Crippen LogP contribution is -2.05. The molecular weight excluding hydrogens is 292 g/mol. The van der Waals surface area contributed by atoms with Crippen LogP contribution >= 0.6 is 0 Å². The van der Waals surface area contributed by atoms with Gasteiger partial charge in [-0.05, 0) is 50.1 Å². The molecule has 1 N–H and O–H groups in total. The van der Waals surface area contributed by atoms with E-state index < -0.39 is 15.8 Å².